The molecular formula is C21H27N3O6S. The smallest absolute Gasteiger partial charge is 0.254 e. The van der Waals surface area contributed by atoms with Gasteiger partial charge in [-0.3, -0.25) is 9.59 Å². The van der Waals surface area contributed by atoms with Crippen LogP contribution in [0, 0.1) is 0 Å². The first kappa shape index (κ1) is 24.2. The fraction of sp³-hybridized carbons (Fsp3) is 0.333. The van der Waals surface area contributed by atoms with Crippen molar-refractivity contribution in [3.63, 3.8) is 0 Å². The topological polar surface area (TPSA) is 114 Å². The van der Waals surface area contributed by atoms with Gasteiger partial charge in [0.25, 0.3) is 5.91 Å². The van der Waals surface area contributed by atoms with E-state index >= 15 is 0 Å². The predicted octanol–water partition coefficient (Wildman–Crippen LogP) is 2.10. The van der Waals surface area contributed by atoms with Crippen molar-refractivity contribution in [2.75, 3.05) is 39.2 Å². The minimum Gasteiger partial charge on any atom is -0.490 e. The van der Waals surface area contributed by atoms with Gasteiger partial charge in [-0.25, -0.2) is 13.1 Å². The Kier molecular flexibility index (Phi) is 8.40. The number of hydrogen-bond donors (Lipinski definition) is 2. The standard InChI is InChI=1S/C21H27N3O6S/c1-5-29-18-12-9-16(13-19(18)30-6-2)23-20(25)14-24(4)21(26)15-7-10-17(11-8-15)31(27,28)22-3/h7-13,22H,5-6,14H2,1-4H3,(H,23,25). The van der Waals surface area contributed by atoms with Crippen LogP contribution in [0.15, 0.2) is 47.4 Å². The Balaban J connectivity index is 2.03. The van der Waals surface area contributed by atoms with E-state index in [2.05, 4.69) is 10.0 Å². The maximum atomic E-state index is 12.6. The van der Waals surface area contributed by atoms with Crippen molar-refractivity contribution in [1.82, 2.24) is 9.62 Å². The van der Waals surface area contributed by atoms with Crippen LogP contribution in [0.3, 0.4) is 0 Å². The molecule has 0 unspecified atom stereocenters. The normalized spacial score (nSPS) is 11.0. The summed E-state index contributed by atoms with van der Waals surface area (Å²) in [5.74, 6) is 0.295. The molecule has 0 spiro atoms. The highest BCUT2D eigenvalue weighted by molar-refractivity contribution is 7.89. The molecule has 168 valence electrons. The van der Waals surface area contributed by atoms with E-state index in [1.54, 1.807) is 18.2 Å². The summed E-state index contributed by atoms with van der Waals surface area (Å²) in [6.45, 7) is 4.46. The molecule has 31 heavy (non-hydrogen) atoms. The Morgan fingerprint density at radius 3 is 2.16 bits per heavy atom. The van der Waals surface area contributed by atoms with Gasteiger partial charge in [0.2, 0.25) is 15.9 Å². The third-order valence-corrected chi connectivity index (χ3v) is 5.67. The van der Waals surface area contributed by atoms with E-state index in [-0.39, 0.29) is 17.0 Å². The van der Waals surface area contributed by atoms with E-state index in [0.717, 1.165) is 0 Å². The maximum absolute atomic E-state index is 12.6. The molecule has 0 aromatic heterocycles. The van der Waals surface area contributed by atoms with Crippen molar-refractivity contribution in [3.05, 3.63) is 48.0 Å². The molecule has 2 aromatic carbocycles. The molecule has 0 atom stereocenters. The van der Waals surface area contributed by atoms with Crippen LogP contribution in [0.5, 0.6) is 11.5 Å². The summed E-state index contributed by atoms with van der Waals surface area (Å²) in [5.41, 5.74) is 0.782. The summed E-state index contributed by atoms with van der Waals surface area (Å²) < 4.78 is 36.8. The molecule has 2 rings (SSSR count). The molecule has 0 aliphatic rings. The third kappa shape index (κ3) is 6.43. The zero-order valence-corrected chi connectivity index (χ0v) is 18.8. The van der Waals surface area contributed by atoms with E-state index in [1.807, 2.05) is 13.8 Å². The minimum absolute atomic E-state index is 0.0487. The van der Waals surface area contributed by atoms with Gasteiger partial charge in [0.05, 0.1) is 24.7 Å². The lowest BCUT2D eigenvalue weighted by Crippen LogP contribution is -2.35. The molecule has 0 aliphatic heterocycles. The lowest BCUT2D eigenvalue weighted by Gasteiger charge is -2.18. The molecular weight excluding hydrogens is 422 g/mol. The molecule has 0 saturated carbocycles. The van der Waals surface area contributed by atoms with Crippen LogP contribution in [0.25, 0.3) is 0 Å². The quantitative estimate of drug-likeness (QED) is 0.574. The van der Waals surface area contributed by atoms with E-state index in [4.69, 9.17) is 9.47 Å². The zero-order chi connectivity index (χ0) is 23.0. The fourth-order valence-electron chi connectivity index (χ4n) is 2.73. The average molecular weight is 450 g/mol. The molecule has 0 bridgehead atoms. The van der Waals surface area contributed by atoms with E-state index in [1.165, 1.54) is 43.3 Å². The molecule has 2 N–H and O–H groups in total. The molecule has 10 heteroatoms. The predicted molar refractivity (Wildman–Crippen MR) is 117 cm³/mol. The SMILES string of the molecule is CCOc1ccc(NC(=O)CN(C)C(=O)c2ccc(S(=O)(=O)NC)cc2)cc1OCC. The number of carbonyl (C=O) groups is 2. The second-order valence-electron chi connectivity index (χ2n) is 6.47. The van der Waals surface area contributed by atoms with Gasteiger partial charge in [-0.1, -0.05) is 0 Å². The number of anilines is 1. The first-order chi connectivity index (χ1) is 14.7. The fourth-order valence-corrected chi connectivity index (χ4v) is 3.46. The Morgan fingerprint density at radius 1 is 0.968 bits per heavy atom. The number of amides is 2. The van der Waals surface area contributed by atoms with Crippen LogP contribution in [-0.4, -0.2) is 59.0 Å². The third-order valence-electron chi connectivity index (χ3n) is 4.23. The number of likely N-dealkylation sites (N-methyl/N-ethyl adjacent to an activating group) is 1. The number of nitrogens with one attached hydrogen (secondary N) is 2. The molecule has 9 nitrogen and oxygen atoms in total. The highest BCUT2D eigenvalue weighted by Gasteiger charge is 2.17. The van der Waals surface area contributed by atoms with Gasteiger partial charge in [0.15, 0.2) is 11.5 Å². The number of rotatable bonds is 10. The number of benzene rings is 2. The lowest BCUT2D eigenvalue weighted by molar-refractivity contribution is -0.116. The summed E-state index contributed by atoms with van der Waals surface area (Å²) in [6.07, 6.45) is 0. The summed E-state index contributed by atoms with van der Waals surface area (Å²) >= 11 is 0. The first-order valence-electron chi connectivity index (χ1n) is 9.70. The highest BCUT2D eigenvalue weighted by Crippen LogP contribution is 2.30. The maximum Gasteiger partial charge on any atom is 0.254 e. The second-order valence-corrected chi connectivity index (χ2v) is 8.36. The van der Waals surface area contributed by atoms with Crippen molar-refractivity contribution >= 4 is 27.5 Å². The van der Waals surface area contributed by atoms with Crippen LogP contribution in [0.4, 0.5) is 5.69 Å². The van der Waals surface area contributed by atoms with Crippen LogP contribution >= 0.6 is 0 Å². The number of ether oxygens (including phenoxy) is 2. The molecule has 0 heterocycles. The highest BCUT2D eigenvalue weighted by atomic mass is 32.2. The van der Waals surface area contributed by atoms with Gasteiger partial charge in [-0.15, -0.1) is 0 Å². The zero-order valence-electron chi connectivity index (χ0n) is 18.0. The van der Waals surface area contributed by atoms with Gasteiger partial charge in [0.1, 0.15) is 0 Å². The molecule has 2 amide bonds. The molecule has 0 radical (unpaired) electrons. The summed E-state index contributed by atoms with van der Waals surface area (Å²) in [6, 6.07) is 10.5. The summed E-state index contributed by atoms with van der Waals surface area (Å²) in [5, 5.41) is 2.73. The summed E-state index contributed by atoms with van der Waals surface area (Å²) in [4.78, 5) is 26.3. The number of sulfonamides is 1. The summed E-state index contributed by atoms with van der Waals surface area (Å²) in [7, 11) is -0.789. The van der Waals surface area contributed by atoms with E-state index in [9.17, 15) is 18.0 Å². The van der Waals surface area contributed by atoms with Gasteiger partial charge < -0.3 is 19.7 Å². The molecule has 0 saturated heterocycles. The number of carbonyl (C=O) groups excluding carboxylic acids is 2. The average Bonchev–Trinajstić information content (AvgIpc) is 2.75. The molecule has 2 aromatic rings. The van der Waals surface area contributed by atoms with Gasteiger partial charge in [-0.2, -0.15) is 0 Å². The Hall–Kier alpha value is -3.11. The minimum atomic E-state index is -3.59. The van der Waals surface area contributed by atoms with Crippen LogP contribution < -0.4 is 19.5 Å². The van der Waals surface area contributed by atoms with E-state index < -0.39 is 21.8 Å². The largest absolute Gasteiger partial charge is 0.490 e. The van der Waals surface area contributed by atoms with Crippen LogP contribution in [0.1, 0.15) is 24.2 Å². The lowest BCUT2D eigenvalue weighted by atomic mass is 10.2. The molecule has 0 fully saturated rings. The van der Waals surface area contributed by atoms with Crippen molar-refractivity contribution < 1.29 is 27.5 Å². The van der Waals surface area contributed by atoms with Crippen LogP contribution in [0.2, 0.25) is 0 Å². The van der Waals surface area contributed by atoms with Gasteiger partial charge in [-0.05, 0) is 57.3 Å². The number of hydrogen-bond acceptors (Lipinski definition) is 6. The number of nitrogens with zero attached hydrogens (tertiary/aromatic N) is 1. The Morgan fingerprint density at radius 2 is 1.58 bits per heavy atom. The van der Waals surface area contributed by atoms with Crippen molar-refractivity contribution in [2.24, 2.45) is 0 Å². The Labute approximate surface area is 182 Å². The van der Waals surface area contributed by atoms with Crippen molar-refractivity contribution in [1.29, 1.82) is 0 Å². The molecule has 0 aliphatic carbocycles. The monoisotopic (exact) mass is 449 g/mol. The van der Waals surface area contributed by atoms with E-state index in [0.29, 0.717) is 30.4 Å². The first-order valence-corrected chi connectivity index (χ1v) is 11.2. The van der Waals surface area contributed by atoms with Crippen molar-refractivity contribution in [3.8, 4) is 11.5 Å². The van der Waals surface area contributed by atoms with Gasteiger partial charge >= 0.3 is 0 Å². The van der Waals surface area contributed by atoms with Crippen molar-refractivity contribution in [2.45, 2.75) is 18.7 Å². The second kappa shape index (κ2) is 10.8. The Bertz CT molecular complexity index is 1020. The van der Waals surface area contributed by atoms with Crippen LogP contribution in [-0.2, 0) is 14.8 Å². The van der Waals surface area contributed by atoms with Gasteiger partial charge in [0, 0.05) is 24.4 Å².